The Kier molecular flexibility index (Phi) is 4.58. The Bertz CT molecular complexity index is 1080. The molecule has 0 bridgehead atoms. The zero-order chi connectivity index (χ0) is 20.9. The first kappa shape index (κ1) is 19.4. The Morgan fingerprint density at radius 2 is 2.14 bits per heavy atom. The molecule has 4 rings (SSSR count). The summed E-state index contributed by atoms with van der Waals surface area (Å²) in [6.45, 7) is 3.83. The Morgan fingerprint density at radius 1 is 1.38 bits per heavy atom. The lowest BCUT2D eigenvalue weighted by atomic mass is 9.82. The summed E-state index contributed by atoms with van der Waals surface area (Å²) in [5.74, 6) is -0.401. The van der Waals surface area contributed by atoms with Gasteiger partial charge in [-0.25, -0.2) is 4.79 Å². The van der Waals surface area contributed by atoms with Gasteiger partial charge in [-0.05, 0) is 42.7 Å². The maximum absolute atomic E-state index is 11.8. The van der Waals surface area contributed by atoms with Crippen LogP contribution in [0.4, 0.5) is 5.69 Å². The molecular weight excluding hydrogens is 396 g/mol. The Balaban J connectivity index is 1.71. The SMILES string of the molecule is COC(=O)c1ccc(C2=NOC3(C2)c2cc(Cl)cc([N+](=O)[O-])c2CC3C)cc1C. The molecule has 2 aliphatic rings. The van der Waals surface area contributed by atoms with Crippen LogP contribution in [0.1, 0.15) is 46.0 Å². The Morgan fingerprint density at radius 3 is 2.79 bits per heavy atom. The van der Waals surface area contributed by atoms with E-state index in [2.05, 4.69) is 5.16 Å². The summed E-state index contributed by atoms with van der Waals surface area (Å²) < 4.78 is 4.79. The van der Waals surface area contributed by atoms with Gasteiger partial charge >= 0.3 is 5.97 Å². The summed E-state index contributed by atoms with van der Waals surface area (Å²) in [7, 11) is 1.34. The van der Waals surface area contributed by atoms with Crippen LogP contribution in [0.15, 0.2) is 35.5 Å². The molecule has 1 heterocycles. The number of benzene rings is 2. The zero-order valence-electron chi connectivity index (χ0n) is 16.2. The fraction of sp³-hybridized carbons (Fsp3) is 0.333. The number of carbonyl (C=O) groups is 1. The third kappa shape index (κ3) is 2.97. The maximum Gasteiger partial charge on any atom is 0.338 e. The molecule has 0 radical (unpaired) electrons. The number of halogens is 1. The molecule has 2 aromatic carbocycles. The first-order valence-corrected chi connectivity index (χ1v) is 9.56. The molecule has 2 unspecified atom stereocenters. The minimum Gasteiger partial charge on any atom is -0.465 e. The summed E-state index contributed by atoms with van der Waals surface area (Å²) in [6, 6.07) is 8.52. The summed E-state index contributed by atoms with van der Waals surface area (Å²) in [5, 5.41) is 16.1. The highest BCUT2D eigenvalue weighted by Gasteiger charge is 2.53. The van der Waals surface area contributed by atoms with Crippen molar-refractivity contribution >= 4 is 29.0 Å². The summed E-state index contributed by atoms with van der Waals surface area (Å²) in [6.07, 6.45) is 0.988. The van der Waals surface area contributed by atoms with Gasteiger partial charge < -0.3 is 9.57 Å². The van der Waals surface area contributed by atoms with Gasteiger partial charge in [0.15, 0.2) is 5.60 Å². The van der Waals surface area contributed by atoms with Crippen LogP contribution in [0.5, 0.6) is 0 Å². The molecule has 1 spiro atoms. The number of fused-ring (bicyclic) bond motifs is 2. The minimum absolute atomic E-state index is 0.00800. The van der Waals surface area contributed by atoms with Crippen molar-refractivity contribution in [2.75, 3.05) is 7.11 Å². The van der Waals surface area contributed by atoms with E-state index < -0.39 is 16.5 Å². The average Bonchev–Trinajstić information content (AvgIpc) is 3.24. The third-order valence-electron chi connectivity index (χ3n) is 5.86. The quantitative estimate of drug-likeness (QED) is 0.417. The standard InChI is InChI=1S/C21H19ClN2O5/c1-11-6-13(4-5-15(11)20(25)28-3)18-10-21(29-23-18)12(2)7-16-17(21)8-14(22)9-19(16)24(26)27/h4-6,8-9,12H,7,10H2,1-3H3. The molecule has 29 heavy (non-hydrogen) atoms. The number of hydrogen-bond donors (Lipinski definition) is 0. The molecule has 0 saturated carbocycles. The molecule has 2 aromatic rings. The average molecular weight is 415 g/mol. The van der Waals surface area contributed by atoms with Gasteiger partial charge in [-0.2, -0.15) is 0 Å². The van der Waals surface area contributed by atoms with Crippen molar-refractivity contribution in [1.82, 2.24) is 0 Å². The predicted octanol–water partition coefficient (Wildman–Crippen LogP) is 4.56. The molecule has 1 aliphatic carbocycles. The second-order valence-corrected chi connectivity index (χ2v) is 7.97. The van der Waals surface area contributed by atoms with Gasteiger partial charge in [0, 0.05) is 34.6 Å². The van der Waals surface area contributed by atoms with Crippen molar-refractivity contribution in [2.24, 2.45) is 11.1 Å². The number of carbonyl (C=O) groups excluding carboxylic acids is 1. The lowest BCUT2D eigenvalue weighted by molar-refractivity contribution is -0.385. The molecule has 8 heteroatoms. The van der Waals surface area contributed by atoms with E-state index in [-0.39, 0.29) is 11.6 Å². The fourth-order valence-electron chi connectivity index (χ4n) is 4.31. The van der Waals surface area contributed by atoms with Crippen LogP contribution in [-0.4, -0.2) is 23.7 Å². The van der Waals surface area contributed by atoms with Gasteiger partial charge in [-0.3, -0.25) is 10.1 Å². The van der Waals surface area contributed by atoms with Crippen LogP contribution in [0, 0.1) is 23.0 Å². The fourth-order valence-corrected chi connectivity index (χ4v) is 4.52. The van der Waals surface area contributed by atoms with Crippen LogP contribution < -0.4 is 0 Å². The van der Waals surface area contributed by atoms with E-state index in [0.717, 1.165) is 22.4 Å². The lowest BCUT2D eigenvalue weighted by Crippen LogP contribution is -2.30. The summed E-state index contributed by atoms with van der Waals surface area (Å²) >= 11 is 6.18. The number of methoxy groups -OCH3 is 1. The second kappa shape index (κ2) is 6.84. The monoisotopic (exact) mass is 414 g/mol. The van der Waals surface area contributed by atoms with E-state index in [4.69, 9.17) is 21.2 Å². The van der Waals surface area contributed by atoms with Gasteiger partial charge in [-0.15, -0.1) is 0 Å². The number of aryl methyl sites for hydroxylation is 1. The maximum atomic E-state index is 11.8. The summed E-state index contributed by atoms with van der Waals surface area (Å²) in [5.41, 5.74) is 3.45. The number of nitro benzene ring substituents is 1. The Labute approximate surface area is 172 Å². The molecule has 7 nitrogen and oxygen atoms in total. The van der Waals surface area contributed by atoms with Gasteiger partial charge in [-0.1, -0.05) is 29.7 Å². The predicted molar refractivity (Wildman–Crippen MR) is 107 cm³/mol. The molecule has 0 N–H and O–H groups in total. The van der Waals surface area contributed by atoms with E-state index in [1.54, 1.807) is 18.2 Å². The van der Waals surface area contributed by atoms with Crippen molar-refractivity contribution in [1.29, 1.82) is 0 Å². The van der Waals surface area contributed by atoms with Gasteiger partial charge in [0.2, 0.25) is 0 Å². The highest BCUT2D eigenvalue weighted by Crippen LogP contribution is 2.53. The van der Waals surface area contributed by atoms with E-state index in [9.17, 15) is 14.9 Å². The second-order valence-electron chi connectivity index (χ2n) is 7.53. The molecule has 150 valence electrons. The van der Waals surface area contributed by atoms with Crippen LogP contribution in [0.2, 0.25) is 5.02 Å². The number of ether oxygens (including phenoxy) is 1. The molecule has 0 aromatic heterocycles. The highest BCUT2D eigenvalue weighted by atomic mass is 35.5. The van der Waals surface area contributed by atoms with Crippen LogP contribution >= 0.6 is 11.6 Å². The van der Waals surface area contributed by atoms with E-state index >= 15 is 0 Å². The Hall–Kier alpha value is -2.93. The van der Waals surface area contributed by atoms with E-state index in [1.807, 2.05) is 19.9 Å². The summed E-state index contributed by atoms with van der Waals surface area (Å²) in [4.78, 5) is 28.9. The van der Waals surface area contributed by atoms with E-state index in [1.165, 1.54) is 13.2 Å². The smallest absolute Gasteiger partial charge is 0.338 e. The molecule has 0 fully saturated rings. The lowest BCUT2D eigenvalue weighted by Gasteiger charge is -2.27. The molecule has 0 amide bonds. The van der Waals surface area contributed by atoms with Crippen LogP contribution in [-0.2, 0) is 21.6 Å². The molecule has 2 atom stereocenters. The first-order valence-electron chi connectivity index (χ1n) is 9.18. The van der Waals surface area contributed by atoms with Crippen molar-refractivity contribution in [2.45, 2.75) is 32.3 Å². The molecule has 1 aliphatic heterocycles. The number of esters is 1. The largest absolute Gasteiger partial charge is 0.465 e. The highest BCUT2D eigenvalue weighted by molar-refractivity contribution is 6.31. The number of nitrogens with zero attached hydrogens (tertiary/aromatic N) is 2. The number of nitro groups is 1. The van der Waals surface area contributed by atoms with Gasteiger partial charge in [0.05, 0.1) is 23.3 Å². The van der Waals surface area contributed by atoms with E-state index in [0.29, 0.717) is 29.0 Å². The van der Waals surface area contributed by atoms with Crippen molar-refractivity contribution in [3.05, 3.63) is 73.3 Å². The number of hydrogen-bond acceptors (Lipinski definition) is 6. The first-order chi connectivity index (χ1) is 13.8. The molecule has 0 saturated heterocycles. The van der Waals surface area contributed by atoms with Crippen molar-refractivity contribution < 1.29 is 19.3 Å². The van der Waals surface area contributed by atoms with Crippen LogP contribution in [0.25, 0.3) is 0 Å². The number of rotatable bonds is 3. The van der Waals surface area contributed by atoms with Gasteiger partial charge in [0.1, 0.15) is 0 Å². The third-order valence-corrected chi connectivity index (χ3v) is 6.08. The topological polar surface area (TPSA) is 91.0 Å². The minimum atomic E-state index is -0.782. The normalized spacial score (nSPS) is 22.2. The van der Waals surface area contributed by atoms with Gasteiger partial charge in [0.25, 0.3) is 5.69 Å². The number of oxime groups is 1. The molecular formula is C21H19ClN2O5. The zero-order valence-corrected chi connectivity index (χ0v) is 16.9. The van der Waals surface area contributed by atoms with Crippen LogP contribution in [0.3, 0.4) is 0 Å². The van der Waals surface area contributed by atoms with Crippen molar-refractivity contribution in [3.8, 4) is 0 Å². The van der Waals surface area contributed by atoms with Crippen molar-refractivity contribution in [3.63, 3.8) is 0 Å².